The van der Waals surface area contributed by atoms with E-state index in [0.29, 0.717) is 6.04 Å². The molecule has 4 nitrogen and oxygen atoms in total. The minimum Gasteiger partial charge on any atom is -0.374 e. The molecule has 1 aromatic rings. The van der Waals surface area contributed by atoms with Crippen molar-refractivity contribution in [3.63, 3.8) is 0 Å². The predicted molar refractivity (Wildman–Crippen MR) is 72.6 cm³/mol. The van der Waals surface area contributed by atoms with Crippen molar-refractivity contribution in [1.82, 2.24) is 14.9 Å². The van der Waals surface area contributed by atoms with Gasteiger partial charge >= 0.3 is 0 Å². The maximum Gasteiger partial charge on any atom is 0.108 e. The Bertz CT molecular complexity index is 369. The van der Waals surface area contributed by atoms with Crippen LogP contribution in [0.25, 0.3) is 0 Å². The Morgan fingerprint density at radius 2 is 2.44 bits per heavy atom. The van der Waals surface area contributed by atoms with Crippen LogP contribution in [0.1, 0.15) is 38.9 Å². The van der Waals surface area contributed by atoms with Crippen molar-refractivity contribution in [2.45, 2.75) is 51.2 Å². The molecule has 1 aliphatic rings. The van der Waals surface area contributed by atoms with Gasteiger partial charge in [-0.3, -0.25) is 0 Å². The number of hydrogen-bond acceptors (Lipinski definition) is 3. The first-order valence-corrected chi connectivity index (χ1v) is 6.99. The van der Waals surface area contributed by atoms with Gasteiger partial charge < -0.3 is 14.6 Å². The van der Waals surface area contributed by atoms with Crippen LogP contribution in [0.15, 0.2) is 12.4 Å². The van der Waals surface area contributed by atoms with E-state index in [2.05, 4.69) is 35.8 Å². The van der Waals surface area contributed by atoms with Gasteiger partial charge in [0.25, 0.3) is 0 Å². The van der Waals surface area contributed by atoms with Crippen molar-refractivity contribution in [3.05, 3.63) is 18.2 Å². The van der Waals surface area contributed by atoms with Crippen LogP contribution in [-0.2, 0) is 18.2 Å². The normalized spacial score (nSPS) is 25.5. The number of ether oxygens (including phenoxy) is 1. The van der Waals surface area contributed by atoms with Crippen molar-refractivity contribution < 1.29 is 4.74 Å². The summed E-state index contributed by atoms with van der Waals surface area (Å²) in [6.45, 7) is 6.29. The average Bonchev–Trinajstić information content (AvgIpc) is 2.95. The Hall–Kier alpha value is -0.870. The van der Waals surface area contributed by atoms with Crippen LogP contribution in [-0.4, -0.2) is 34.3 Å². The number of aryl methyl sites for hydroxylation is 2. The standard InChI is InChI=1S/C14H25N3O/c1-4-15-12(14(2)8-5-11-18-14)6-7-13-16-9-10-17(13)3/h9-10,12,15H,4-8,11H2,1-3H3. The lowest BCUT2D eigenvalue weighted by atomic mass is 9.89. The van der Waals surface area contributed by atoms with E-state index in [0.717, 1.165) is 38.2 Å². The maximum absolute atomic E-state index is 5.97. The Morgan fingerprint density at radius 3 is 3.00 bits per heavy atom. The largest absolute Gasteiger partial charge is 0.374 e. The van der Waals surface area contributed by atoms with E-state index in [1.807, 2.05) is 12.4 Å². The fraction of sp³-hybridized carbons (Fsp3) is 0.786. The Kier molecular flexibility index (Phi) is 4.40. The van der Waals surface area contributed by atoms with Crippen LogP contribution in [0.4, 0.5) is 0 Å². The van der Waals surface area contributed by atoms with Crippen LogP contribution in [0.2, 0.25) is 0 Å². The molecule has 0 aromatic carbocycles. The minimum absolute atomic E-state index is 0.00116. The second-order valence-electron chi connectivity index (χ2n) is 5.37. The van der Waals surface area contributed by atoms with Gasteiger partial charge in [-0.05, 0) is 32.7 Å². The topological polar surface area (TPSA) is 39.1 Å². The summed E-state index contributed by atoms with van der Waals surface area (Å²) >= 11 is 0. The summed E-state index contributed by atoms with van der Waals surface area (Å²) in [4.78, 5) is 4.39. The first-order valence-electron chi connectivity index (χ1n) is 6.99. The lowest BCUT2D eigenvalue weighted by Gasteiger charge is -2.34. The lowest BCUT2D eigenvalue weighted by Crippen LogP contribution is -2.48. The number of likely N-dealkylation sites (N-methyl/N-ethyl adjacent to an activating group) is 1. The highest BCUT2D eigenvalue weighted by Crippen LogP contribution is 2.30. The second-order valence-corrected chi connectivity index (χ2v) is 5.37. The molecule has 0 aliphatic carbocycles. The number of imidazole rings is 1. The van der Waals surface area contributed by atoms with Crippen LogP contribution in [0.5, 0.6) is 0 Å². The van der Waals surface area contributed by atoms with E-state index < -0.39 is 0 Å². The molecule has 1 aliphatic heterocycles. The number of nitrogens with zero attached hydrogens (tertiary/aromatic N) is 2. The molecule has 1 saturated heterocycles. The molecule has 2 atom stereocenters. The third-order valence-corrected chi connectivity index (χ3v) is 4.01. The highest BCUT2D eigenvalue weighted by Gasteiger charge is 2.37. The van der Waals surface area contributed by atoms with Gasteiger partial charge in [0.15, 0.2) is 0 Å². The molecule has 0 spiro atoms. The molecule has 0 bridgehead atoms. The van der Waals surface area contributed by atoms with Crippen LogP contribution >= 0.6 is 0 Å². The molecule has 2 rings (SSSR count). The molecular formula is C14H25N3O. The summed E-state index contributed by atoms with van der Waals surface area (Å²) in [6.07, 6.45) is 8.29. The third-order valence-electron chi connectivity index (χ3n) is 4.01. The SMILES string of the molecule is CCNC(CCc1nccn1C)C1(C)CCCO1. The summed E-state index contributed by atoms with van der Waals surface area (Å²) in [6, 6.07) is 0.418. The summed E-state index contributed by atoms with van der Waals surface area (Å²) in [7, 11) is 2.05. The van der Waals surface area contributed by atoms with Gasteiger partial charge in [0.1, 0.15) is 5.82 Å². The van der Waals surface area contributed by atoms with Gasteiger partial charge in [0.05, 0.1) is 5.60 Å². The summed E-state index contributed by atoms with van der Waals surface area (Å²) in [5.74, 6) is 1.15. The minimum atomic E-state index is 0.00116. The Morgan fingerprint density at radius 1 is 1.61 bits per heavy atom. The van der Waals surface area contributed by atoms with E-state index in [9.17, 15) is 0 Å². The molecule has 0 amide bonds. The van der Waals surface area contributed by atoms with Crippen molar-refractivity contribution in [2.75, 3.05) is 13.2 Å². The van der Waals surface area contributed by atoms with Crippen molar-refractivity contribution in [2.24, 2.45) is 7.05 Å². The first kappa shape index (κ1) is 13.6. The van der Waals surface area contributed by atoms with Crippen molar-refractivity contribution in [3.8, 4) is 0 Å². The van der Waals surface area contributed by atoms with E-state index in [1.165, 1.54) is 6.42 Å². The third kappa shape index (κ3) is 2.93. The molecule has 1 fully saturated rings. The van der Waals surface area contributed by atoms with E-state index in [4.69, 9.17) is 4.74 Å². The predicted octanol–water partition coefficient (Wildman–Crippen LogP) is 1.90. The lowest BCUT2D eigenvalue weighted by molar-refractivity contribution is -0.0134. The number of hydrogen-bond donors (Lipinski definition) is 1. The molecule has 1 N–H and O–H groups in total. The molecule has 4 heteroatoms. The molecule has 0 saturated carbocycles. The number of rotatable bonds is 6. The monoisotopic (exact) mass is 251 g/mol. The fourth-order valence-corrected chi connectivity index (χ4v) is 2.86. The molecule has 2 unspecified atom stereocenters. The van der Waals surface area contributed by atoms with Gasteiger partial charge in [0, 0.05) is 38.5 Å². The van der Waals surface area contributed by atoms with Crippen molar-refractivity contribution >= 4 is 0 Å². The van der Waals surface area contributed by atoms with Gasteiger partial charge in [-0.25, -0.2) is 4.98 Å². The number of nitrogens with one attached hydrogen (secondary N) is 1. The highest BCUT2D eigenvalue weighted by atomic mass is 16.5. The molecule has 102 valence electrons. The summed E-state index contributed by atoms with van der Waals surface area (Å²) < 4.78 is 8.06. The number of aromatic nitrogens is 2. The smallest absolute Gasteiger partial charge is 0.108 e. The van der Waals surface area contributed by atoms with E-state index in [1.54, 1.807) is 0 Å². The molecule has 1 aromatic heterocycles. The van der Waals surface area contributed by atoms with E-state index >= 15 is 0 Å². The zero-order valence-electron chi connectivity index (χ0n) is 11.8. The zero-order valence-corrected chi connectivity index (χ0v) is 11.8. The highest BCUT2D eigenvalue weighted by molar-refractivity contribution is 4.97. The Labute approximate surface area is 110 Å². The van der Waals surface area contributed by atoms with Gasteiger partial charge in [0.2, 0.25) is 0 Å². The van der Waals surface area contributed by atoms with Crippen LogP contribution in [0.3, 0.4) is 0 Å². The zero-order chi connectivity index (χ0) is 13.0. The second kappa shape index (κ2) is 5.85. The van der Waals surface area contributed by atoms with Gasteiger partial charge in [-0.15, -0.1) is 0 Å². The van der Waals surface area contributed by atoms with E-state index in [-0.39, 0.29) is 5.60 Å². The quantitative estimate of drug-likeness (QED) is 0.839. The van der Waals surface area contributed by atoms with Crippen molar-refractivity contribution in [1.29, 1.82) is 0 Å². The molecule has 0 radical (unpaired) electrons. The molecular weight excluding hydrogens is 226 g/mol. The summed E-state index contributed by atoms with van der Waals surface area (Å²) in [5, 5.41) is 3.58. The average molecular weight is 251 g/mol. The first-order chi connectivity index (χ1) is 8.65. The fourth-order valence-electron chi connectivity index (χ4n) is 2.86. The van der Waals surface area contributed by atoms with Gasteiger partial charge in [-0.1, -0.05) is 6.92 Å². The van der Waals surface area contributed by atoms with Crippen LogP contribution in [0, 0.1) is 0 Å². The summed E-state index contributed by atoms with van der Waals surface area (Å²) in [5.41, 5.74) is 0.00116. The maximum atomic E-state index is 5.97. The van der Waals surface area contributed by atoms with Crippen LogP contribution < -0.4 is 5.32 Å². The Balaban J connectivity index is 1.96. The van der Waals surface area contributed by atoms with Gasteiger partial charge in [-0.2, -0.15) is 0 Å². The molecule has 18 heavy (non-hydrogen) atoms. The molecule has 2 heterocycles.